The number of anilines is 1. The molecule has 2 aromatic heterocycles. The summed E-state index contributed by atoms with van der Waals surface area (Å²) in [5.74, 6) is 1.99. The van der Waals surface area contributed by atoms with Gasteiger partial charge in [-0.15, -0.1) is 11.3 Å². The fourth-order valence-electron chi connectivity index (χ4n) is 4.62. The van der Waals surface area contributed by atoms with Crippen LogP contribution in [0.25, 0.3) is 10.2 Å². The number of fused-ring (bicyclic) bond motifs is 1. The van der Waals surface area contributed by atoms with E-state index in [0.29, 0.717) is 18.4 Å². The Bertz CT molecular complexity index is 958. The molecule has 156 valence electrons. The summed E-state index contributed by atoms with van der Waals surface area (Å²) in [5.41, 5.74) is 1.12. The predicted octanol–water partition coefficient (Wildman–Crippen LogP) is 1.22. The molecule has 2 fully saturated rings. The molecule has 0 unspecified atom stereocenters. The van der Waals surface area contributed by atoms with Crippen molar-refractivity contribution in [2.75, 3.05) is 50.7 Å². The fourth-order valence-corrected chi connectivity index (χ4v) is 5.75. The molecule has 5 rings (SSSR count). The van der Waals surface area contributed by atoms with Gasteiger partial charge in [0.05, 0.1) is 47.6 Å². The molecule has 0 radical (unpaired) electrons. The molecule has 2 saturated heterocycles. The lowest BCUT2D eigenvalue weighted by molar-refractivity contribution is -0.897. The van der Waals surface area contributed by atoms with E-state index in [4.69, 9.17) is 4.98 Å². The molecule has 0 aliphatic carbocycles. The maximum absolute atomic E-state index is 12.8. The summed E-state index contributed by atoms with van der Waals surface area (Å²) in [6.45, 7) is 6.15. The van der Waals surface area contributed by atoms with E-state index in [9.17, 15) is 4.79 Å². The molecule has 2 aliphatic rings. The largest absolute Gasteiger partial charge is 0.330 e. The Kier molecular flexibility index (Phi) is 5.64. The molecule has 30 heavy (non-hydrogen) atoms. The third kappa shape index (κ3) is 4.18. The van der Waals surface area contributed by atoms with Crippen molar-refractivity contribution in [3.63, 3.8) is 0 Å². The highest BCUT2D eigenvalue weighted by Gasteiger charge is 2.31. The van der Waals surface area contributed by atoms with Crippen molar-refractivity contribution in [2.45, 2.75) is 18.8 Å². The fraction of sp³-hybridized carbons (Fsp3) is 0.435. The van der Waals surface area contributed by atoms with Gasteiger partial charge in [0.25, 0.3) is 11.7 Å². The first-order chi connectivity index (χ1) is 14.8. The third-order valence-electron chi connectivity index (χ3n) is 6.42. The standard InChI is InChI=1S/C23H27N5OS/c29-22(28-15-13-27(14-16-28)21-7-3-4-10-24-21)17-26-11-8-18(9-12-26)23-25-19-5-1-2-6-20(19)30-23/h1-7,10,18H,8-9,11-17H2/p+2. The number of nitrogens with zero attached hydrogens (tertiary/aromatic N) is 3. The van der Waals surface area contributed by atoms with Crippen LogP contribution in [-0.4, -0.2) is 61.6 Å². The maximum atomic E-state index is 12.8. The van der Waals surface area contributed by atoms with E-state index in [1.54, 1.807) is 0 Å². The summed E-state index contributed by atoms with van der Waals surface area (Å²) in [7, 11) is 0. The lowest BCUT2D eigenvalue weighted by atomic mass is 9.97. The molecule has 0 bridgehead atoms. The second-order valence-electron chi connectivity index (χ2n) is 8.34. The smallest absolute Gasteiger partial charge is 0.278 e. The van der Waals surface area contributed by atoms with Crippen molar-refractivity contribution >= 4 is 33.3 Å². The zero-order valence-corrected chi connectivity index (χ0v) is 18.0. The summed E-state index contributed by atoms with van der Waals surface area (Å²) >= 11 is 1.84. The van der Waals surface area contributed by atoms with Crippen molar-refractivity contribution < 1.29 is 14.7 Å². The predicted molar refractivity (Wildman–Crippen MR) is 119 cm³/mol. The van der Waals surface area contributed by atoms with Crippen LogP contribution in [0.4, 0.5) is 5.82 Å². The zero-order valence-electron chi connectivity index (χ0n) is 17.2. The van der Waals surface area contributed by atoms with Crippen molar-refractivity contribution in [3.8, 4) is 0 Å². The average Bonchev–Trinajstić information content (AvgIpc) is 3.25. The highest BCUT2D eigenvalue weighted by atomic mass is 32.1. The Balaban J connectivity index is 1.10. The number of aromatic amines is 1. The minimum absolute atomic E-state index is 0.306. The molecule has 7 heteroatoms. The number of hydrogen-bond donors (Lipinski definition) is 1. The number of benzene rings is 1. The Morgan fingerprint density at radius 2 is 1.83 bits per heavy atom. The van der Waals surface area contributed by atoms with Gasteiger partial charge in [0.15, 0.2) is 6.54 Å². The molecule has 3 aromatic rings. The number of likely N-dealkylation sites (tertiary alicyclic amines) is 1. The van der Waals surface area contributed by atoms with Gasteiger partial charge in [-0.2, -0.15) is 0 Å². The second kappa shape index (κ2) is 8.70. The van der Waals surface area contributed by atoms with Crippen molar-refractivity contribution in [3.05, 3.63) is 53.7 Å². The van der Waals surface area contributed by atoms with Crippen LogP contribution in [0.15, 0.2) is 48.7 Å². The molecule has 1 aromatic carbocycles. The molecular weight excluding hydrogens is 394 g/mol. The second-order valence-corrected chi connectivity index (χ2v) is 9.40. The topological polar surface area (TPSA) is 55.0 Å². The van der Waals surface area contributed by atoms with Crippen LogP contribution < -0.4 is 14.8 Å². The van der Waals surface area contributed by atoms with Gasteiger partial charge in [0.2, 0.25) is 0 Å². The molecule has 2 N–H and O–H groups in total. The first kappa shape index (κ1) is 19.5. The van der Waals surface area contributed by atoms with Crippen molar-refractivity contribution in [1.82, 2.24) is 9.88 Å². The number of pyridine rings is 1. The summed E-state index contributed by atoms with van der Waals surface area (Å²) in [5, 5.41) is 1.27. The number of piperazine rings is 1. The van der Waals surface area contributed by atoms with Crippen LogP contribution in [0.2, 0.25) is 0 Å². The molecule has 1 amide bonds. The van der Waals surface area contributed by atoms with E-state index in [1.165, 1.54) is 14.6 Å². The lowest BCUT2D eigenvalue weighted by Crippen LogP contribution is -3.14. The molecule has 0 atom stereocenters. The number of para-hydroxylation sites is 1. The molecule has 2 aliphatic heterocycles. The van der Waals surface area contributed by atoms with Crippen LogP contribution in [0.5, 0.6) is 0 Å². The van der Waals surface area contributed by atoms with E-state index in [-0.39, 0.29) is 0 Å². The van der Waals surface area contributed by atoms with Gasteiger partial charge < -0.3 is 9.80 Å². The quantitative estimate of drug-likeness (QED) is 0.687. The SMILES string of the molecule is O=C(C[NH+]1CCC(c2nc3ccccc3s2)CC1)N1CCN(c2cccc[nH+]2)CC1. The Hall–Kier alpha value is -2.51. The van der Waals surface area contributed by atoms with Gasteiger partial charge >= 0.3 is 0 Å². The minimum Gasteiger partial charge on any atom is -0.330 e. The van der Waals surface area contributed by atoms with E-state index < -0.39 is 0 Å². The Morgan fingerprint density at radius 3 is 2.57 bits per heavy atom. The Morgan fingerprint density at radius 1 is 1.07 bits per heavy atom. The zero-order chi connectivity index (χ0) is 20.3. The van der Waals surface area contributed by atoms with Gasteiger partial charge in [0, 0.05) is 24.8 Å². The average molecular weight is 424 g/mol. The van der Waals surface area contributed by atoms with Crippen LogP contribution >= 0.6 is 11.3 Å². The number of hydrogen-bond acceptors (Lipinski definition) is 4. The van der Waals surface area contributed by atoms with E-state index in [1.807, 2.05) is 34.6 Å². The van der Waals surface area contributed by atoms with Crippen LogP contribution in [-0.2, 0) is 4.79 Å². The maximum Gasteiger partial charge on any atom is 0.278 e. The third-order valence-corrected chi connectivity index (χ3v) is 7.62. The van der Waals surface area contributed by atoms with Crippen molar-refractivity contribution in [2.24, 2.45) is 0 Å². The van der Waals surface area contributed by atoms with Crippen LogP contribution in [0, 0.1) is 0 Å². The lowest BCUT2D eigenvalue weighted by Gasteiger charge is -2.33. The number of amides is 1. The number of carbonyl (C=O) groups excluding carboxylic acids is 1. The summed E-state index contributed by atoms with van der Waals surface area (Å²) < 4.78 is 1.28. The Labute approximate surface area is 181 Å². The number of H-pyrrole nitrogens is 1. The molecule has 4 heterocycles. The minimum atomic E-state index is 0.306. The highest BCUT2D eigenvalue weighted by molar-refractivity contribution is 7.18. The van der Waals surface area contributed by atoms with E-state index >= 15 is 0 Å². The summed E-state index contributed by atoms with van der Waals surface area (Å²) in [6, 6.07) is 14.5. The van der Waals surface area contributed by atoms with Crippen LogP contribution in [0.3, 0.4) is 0 Å². The molecular formula is C23H29N5OS+2. The number of piperidine rings is 1. The van der Waals surface area contributed by atoms with E-state index in [2.05, 4.69) is 40.2 Å². The number of nitrogens with one attached hydrogen (secondary N) is 2. The van der Waals surface area contributed by atoms with Gasteiger partial charge in [0.1, 0.15) is 13.1 Å². The van der Waals surface area contributed by atoms with Gasteiger partial charge in [-0.25, -0.2) is 9.97 Å². The number of quaternary nitrogens is 1. The van der Waals surface area contributed by atoms with Gasteiger partial charge in [-0.1, -0.05) is 18.2 Å². The normalized spacial score (nSPS) is 22.4. The molecule has 6 nitrogen and oxygen atoms in total. The first-order valence-corrected chi connectivity index (χ1v) is 11.8. The number of aromatic nitrogens is 2. The van der Waals surface area contributed by atoms with E-state index in [0.717, 1.165) is 63.4 Å². The molecule has 0 saturated carbocycles. The summed E-state index contributed by atoms with van der Waals surface area (Å²) in [4.78, 5) is 26.8. The highest BCUT2D eigenvalue weighted by Crippen LogP contribution is 2.31. The number of thiazole rings is 1. The van der Waals surface area contributed by atoms with Gasteiger partial charge in [-0.05, 0) is 18.2 Å². The van der Waals surface area contributed by atoms with Crippen molar-refractivity contribution in [1.29, 1.82) is 0 Å². The first-order valence-electron chi connectivity index (χ1n) is 10.9. The number of rotatable bonds is 4. The van der Waals surface area contributed by atoms with Gasteiger partial charge in [-0.3, -0.25) is 9.69 Å². The summed E-state index contributed by atoms with van der Waals surface area (Å²) in [6.07, 6.45) is 4.20. The number of carbonyl (C=O) groups is 1. The van der Waals surface area contributed by atoms with Crippen LogP contribution in [0.1, 0.15) is 23.8 Å². The molecule has 0 spiro atoms. The monoisotopic (exact) mass is 423 g/mol.